The number of nitrogens with zero attached hydrogens (tertiary/aromatic N) is 1. The number of amides is 3. The molecule has 1 heterocycles. The van der Waals surface area contributed by atoms with Gasteiger partial charge in [0.25, 0.3) is 0 Å². The van der Waals surface area contributed by atoms with Crippen LogP contribution in [0.2, 0.25) is 0 Å². The van der Waals surface area contributed by atoms with Crippen molar-refractivity contribution in [2.45, 2.75) is 64.7 Å². The molecule has 186 valence electrons. The number of nitrogens with two attached hydrogens (primary N) is 1. The van der Waals surface area contributed by atoms with Crippen LogP contribution in [0.5, 0.6) is 0 Å². The fourth-order valence-electron chi connectivity index (χ4n) is 2.94. The molecule has 0 aliphatic heterocycles. The van der Waals surface area contributed by atoms with E-state index in [0.29, 0.717) is 17.9 Å². The van der Waals surface area contributed by atoms with E-state index in [1.54, 1.807) is 27.7 Å². The Kier molecular flexibility index (Phi) is 11.9. The SMILES string of the molecule is CSCCC(NC(=O)C(N)C(C)C)C(=O)NC(Cc1cnc[nH]1)C(=O)NC(C(=O)O)C(C)C. The van der Waals surface area contributed by atoms with Gasteiger partial charge in [-0.2, -0.15) is 11.8 Å². The van der Waals surface area contributed by atoms with Crippen molar-refractivity contribution in [3.8, 4) is 0 Å². The average Bonchev–Trinajstić information content (AvgIpc) is 3.25. The molecule has 0 saturated heterocycles. The van der Waals surface area contributed by atoms with E-state index in [9.17, 15) is 24.3 Å². The van der Waals surface area contributed by atoms with Gasteiger partial charge in [-0.3, -0.25) is 14.4 Å². The van der Waals surface area contributed by atoms with Crippen LogP contribution in [0.25, 0.3) is 0 Å². The van der Waals surface area contributed by atoms with E-state index in [1.807, 2.05) is 6.26 Å². The number of aliphatic carboxylic acids is 1. The molecule has 12 heteroatoms. The second kappa shape index (κ2) is 13.8. The highest BCUT2D eigenvalue weighted by Crippen LogP contribution is 2.08. The lowest BCUT2D eigenvalue weighted by atomic mass is 10.0. The number of carboxylic acid groups (broad SMARTS) is 1. The van der Waals surface area contributed by atoms with Gasteiger partial charge >= 0.3 is 5.97 Å². The van der Waals surface area contributed by atoms with E-state index < -0.39 is 47.9 Å². The number of hydrogen-bond donors (Lipinski definition) is 6. The van der Waals surface area contributed by atoms with E-state index in [2.05, 4.69) is 25.9 Å². The lowest BCUT2D eigenvalue weighted by Crippen LogP contribution is -2.58. The normalized spacial score (nSPS) is 14.9. The number of carbonyl (C=O) groups excluding carboxylic acids is 3. The number of H-pyrrole nitrogens is 1. The van der Waals surface area contributed by atoms with Gasteiger partial charge in [-0.1, -0.05) is 27.7 Å². The number of rotatable bonds is 14. The van der Waals surface area contributed by atoms with Gasteiger partial charge in [-0.05, 0) is 30.3 Å². The Morgan fingerprint density at radius 3 is 2.12 bits per heavy atom. The number of carbonyl (C=O) groups is 4. The number of imidazole rings is 1. The molecule has 0 spiro atoms. The van der Waals surface area contributed by atoms with Crippen LogP contribution in [0.15, 0.2) is 12.5 Å². The molecule has 4 atom stereocenters. The van der Waals surface area contributed by atoms with E-state index >= 15 is 0 Å². The summed E-state index contributed by atoms with van der Waals surface area (Å²) in [4.78, 5) is 56.8. The van der Waals surface area contributed by atoms with Crippen molar-refractivity contribution in [1.29, 1.82) is 0 Å². The monoisotopic (exact) mass is 484 g/mol. The summed E-state index contributed by atoms with van der Waals surface area (Å²) < 4.78 is 0. The minimum atomic E-state index is -1.17. The highest BCUT2D eigenvalue weighted by atomic mass is 32.2. The van der Waals surface area contributed by atoms with Gasteiger partial charge in [-0.25, -0.2) is 9.78 Å². The molecule has 1 aromatic heterocycles. The van der Waals surface area contributed by atoms with E-state index in [1.165, 1.54) is 24.3 Å². The molecule has 0 bridgehead atoms. The van der Waals surface area contributed by atoms with Gasteiger partial charge in [0.1, 0.15) is 18.1 Å². The summed E-state index contributed by atoms with van der Waals surface area (Å²) in [6.45, 7) is 6.96. The molecule has 33 heavy (non-hydrogen) atoms. The Morgan fingerprint density at radius 1 is 1.03 bits per heavy atom. The lowest BCUT2D eigenvalue weighted by molar-refractivity contribution is -0.143. The van der Waals surface area contributed by atoms with E-state index in [4.69, 9.17) is 5.73 Å². The van der Waals surface area contributed by atoms with E-state index in [0.717, 1.165) is 0 Å². The van der Waals surface area contributed by atoms with Crippen LogP contribution in [0.1, 0.15) is 39.8 Å². The molecular weight excluding hydrogens is 448 g/mol. The van der Waals surface area contributed by atoms with Crippen molar-refractivity contribution in [2.24, 2.45) is 17.6 Å². The van der Waals surface area contributed by atoms with Crippen molar-refractivity contribution in [2.75, 3.05) is 12.0 Å². The molecule has 4 unspecified atom stereocenters. The van der Waals surface area contributed by atoms with Crippen molar-refractivity contribution in [1.82, 2.24) is 25.9 Å². The van der Waals surface area contributed by atoms with Crippen LogP contribution >= 0.6 is 11.8 Å². The highest BCUT2D eigenvalue weighted by Gasteiger charge is 2.31. The summed E-state index contributed by atoms with van der Waals surface area (Å²) in [5.74, 6) is -2.69. The topological polar surface area (TPSA) is 179 Å². The van der Waals surface area contributed by atoms with Crippen LogP contribution in [0.4, 0.5) is 0 Å². The quantitative estimate of drug-likeness (QED) is 0.211. The zero-order valence-electron chi connectivity index (χ0n) is 19.8. The number of carboxylic acids is 1. The minimum Gasteiger partial charge on any atom is -0.480 e. The Bertz CT molecular complexity index is 786. The summed E-state index contributed by atoms with van der Waals surface area (Å²) in [5, 5.41) is 17.2. The van der Waals surface area contributed by atoms with Gasteiger partial charge in [-0.15, -0.1) is 0 Å². The highest BCUT2D eigenvalue weighted by molar-refractivity contribution is 7.98. The van der Waals surface area contributed by atoms with Gasteiger partial charge in [0.05, 0.1) is 12.4 Å². The average molecular weight is 485 g/mol. The first-order valence-corrected chi connectivity index (χ1v) is 12.2. The third-order valence-electron chi connectivity index (χ3n) is 5.11. The molecule has 1 aromatic rings. The maximum Gasteiger partial charge on any atom is 0.326 e. The Balaban J connectivity index is 3.05. The summed E-state index contributed by atoms with van der Waals surface area (Å²) in [6.07, 6.45) is 5.23. The molecule has 0 fully saturated rings. The van der Waals surface area contributed by atoms with Crippen molar-refractivity contribution in [3.63, 3.8) is 0 Å². The number of aromatic amines is 1. The fraction of sp³-hybridized carbons (Fsp3) is 0.667. The first-order chi connectivity index (χ1) is 15.5. The van der Waals surface area contributed by atoms with Crippen LogP contribution in [-0.4, -0.2) is 74.9 Å². The first kappa shape index (κ1) is 28.4. The molecular formula is C21H36N6O5S. The van der Waals surface area contributed by atoms with Crippen LogP contribution in [0, 0.1) is 11.8 Å². The van der Waals surface area contributed by atoms with Crippen molar-refractivity contribution < 1.29 is 24.3 Å². The first-order valence-electron chi connectivity index (χ1n) is 10.8. The summed E-state index contributed by atoms with van der Waals surface area (Å²) in [7, 11) is 0. The van der Waals surface area contributed by atoms with Gasteiger partial charge in [0.2, 0.25) is 17.7 Å². The van der Waals surface area contributed by atoms with Crippen LogP contribution < -0.4 is 21.7 Å². The molecule has 1 rings (SSSR count). The largest absolute Gasteiger partial charge is 0.480 e. The fourth-order valence-corrected chi connectivity index (χ4v) is 3.41. The molecule has 0 saturated carbocycles. The molecule has 0 radical (unpaired) electrons. The van der Waals surface area contributed by atoms with Crippen molar-refractivity contribution >= 4 is 35.5 Å². The second-order valence-electron chi connectivity index (χ2n) is 8.52. The molecule has 7 N–H and O–H groups in total. The van der Waals surface area contributed by atoms with E-state index in [-0.39, 0.29) is 18.3 Å². The smallest absolute Gasteiger partial charge is 0.326 e. The van der Waals surface area contributed by atoms with Gasteiger partial charge in [0, 0.05) is 18.3 Å². The van der Waals surface area contributed by atoms with Gasteiger partial charge in [0.15, 0.2) is 0 Å². The standard InChI is InChI=1S/C21H36N6O5S/c1-11(2)16(22)20(30)25-14(6-7-33-5)18(28)26-15(8-13-9-23-10-24-13)19(29)27-17(12(3)4)21(31)32/h9-12,14-17H,6-8,22H2,1-5H3,(H,23,24)(H,25,30)(H,26,28)(H,27,29)(H,31,32). The van der Waals surface area contributed by atoms with Crippen molar-refractivity contribution in [3.05, 3.63) is 18.2 Å². The molecule has 11 nitrogen and oxygen atoms in total. The maximum absolute atomic E-state index is 13.1. The molecule has 3 amide bonds. The van der Waals surface area contributed by atoms with Crippen LogP contribution in [-0.2, 0) is 25.6 Å². The number of aromatic nitrogens is 2. The maximum atomic E-state index is 13.1. The predicted molar refractivity (Wildman–Crippen MR) is 126 cm³/mol. The summed E-state index contributed by atoms with van der Waals surface area (Å²) in [5.41, 5.74) is 6.49. The number of nitrogens with one attached hydrogen (secondary N) is 4. The summed E-state index contributed by atoms with van der Waals surface area (Å²) >= 11 is 1.51. The second-order valence-corrected chi connectivity index (χ2v) is 9.51. The third kappa shape index (κ3) is 9.42. The lowest BCUT2D eigenvalue weighted by Gasteiger charge is -2.26. The number of thioether (sulfide) groups is 1. The molecule has 0 aliphatic rings. The van der Waals surface area contributed by atoms with Gasteiger partial charge < -0.3 is 31.8 Å². The zero-order valence-corrected chi connectivity index (χ0v) is 20.6. The zero-order chi connectivity index (χ0) is 25.1. The number of hydrogen-bond acceptors (Lipinski definition) is 7. The van der Waals surface area contributed by atoms with Crippen LogP contribution in [0.3, 0.4) is 0 Å². The minimum absolute atomic E-state index is 0.0662. The Morgan fingerprint density at radius 2 is 1.64 bits per heavy atom. The third-order valence-corrected chi connectivity index (χ3v) is 5.75. The summed E-state index contributed by atoms with van der Waals surface area (Å²) in [6, 6.07) is -3.87. The predicted octanol–water partition coefficient (Wildman–Crippen LogP) is -0.116. The molecule has 0 aromatic carbocycles. The Hall–Kier alpha value is -2.60. The Labute approximate surface area is 198 Å². The molecule has 0 aliphatic carbocycles.